The molecule has 1 rings (SSSR count). The Balaban J connectivity index is 3.16. The zero-order chi connectivity index (χ0) is 18.8. The van der Waals surface area contributed by atoms with Crippen LogP contribution in [0, 0.1) is 5.82 Å². The third-order valence-electron chi connectivity index (χ3n) is 4.25. The van der Waals surface area contributed by atoms with Crippen LogP contribution in [-0.4, -0.2) is 29.6 Å². The summed E-state index contributed by atoms with van der Waals surface area (Å²) in [6.07, 6.45) is 0. The van der Waals surface area contributed by atoms with E-state index in [0.29, 0.717) is 11.3 Å². The van der Waals surface area contributed by atoms with Crippen LogP contribution in [0.1, 0.15) is 47.1 Å². The van der Waals surface area contributed by atoms with Gasteiger partial charge in [0.15, 0.2) is 8.32 Å². The van der Waals surface area contributed by atoms with Gasteiger partial charge in [-0.05, 0) is 51.0 Å². The molecule has 0 radical (unpaired) electrons. The van der Waals surface area contributed by atoms with Crippen molar-refractivity contribution in [2.24, 2.45) is 4.40 Å². The van der Waals surface area contributed by atoms with E-state index in [4.69, 9.17) is 4.43 Å². The van der Waals surface area contributed by atoms with Crippen LogP contribution in [0.3, 0.4) is 0 Å². The summed E-state index contributed by atoms with van der Waals surface area (Å²) in [6.45, 7) is 16.6. The zero-order valence-electron chi connectivity index (χ0n) is 16.1. The summed E-state index contributed by atoms with van der Waals surface area (Å²) < 4.78 is 36.1. The van der Waals surface area contributed by atoms with Crippen LogP contribution in [0.25, 0.3) is 0 Å². The van der Waals surface area contributed by atoms with Crippen molar-refractivity contribution in [2.45, 2.75) is 64.4 Å². The van der Waals surface area contributed by atoms with Crippen LogP contribution in [0.4, 0.5) is 4.39 Å². The van der Waals surface area contributed by atoms with Crippen LogP contribution in [0.5, 0.6) is 0 Å². The normalized spacial score (nSPS) is 15.5. The Morgan fingerprint density at radius 3 is 2.25 bits per heavy atom. The Hall–Kier alpha value is -0.853. The molecule has 0 spiro atoms. The van der Waals surface area contributed by atoms with Gasteiger partial charge in [0.1, 0.15) is 16.8 Å². The van der Waals surface area contributed by atoms with E-state index in [-0.39, 0.29) is 17.5 Å². The molecule has 0 fully saturated rings. The maximum Gasteiger partial charge on any atom is 0.192 e. The highest BCUT2D eigenvalue weighted by Crippen LogP contribution is 2.36. The molecule has 136 valence electrons. The number of nitrogens with zero attached hydrogens (tertiary/aromatic N) is 1. The van der Waals surface area contributed by atoms with Gasteiger partial charge in [0.05, 0.1) is 17.1 Å². The molecule has 1 aromatic carbocycles. The van der Waals surface area contributed by atoms with E-state index in [0.717, 1.165) is 0 Å². The van der Waals surface area contributed by atoms with Gasteiger partial charge in [-0.3, -0.25) is 0 Å². The lowest BCUT2D eigenvalue weighted by molar-refractivity contribution is 0.340. The number of rotatable bonds is 5. The van der Waals surface area contributed by atoms with E-state index >= 15 is 0 Å². The van der Waals surface area contributed by atoms with Gasteiger partial charge in [0.2, 0.25) is 0 Å². The molecule has 0 heterocycles. The van der Waals surface area contributed by atoms with Crippen molar-refractivity contribution < 1.29 is 13.0 Å². The van der Waals surface area contributed by atoms with Gasteiger partial charge in [-0.2, -0.15) is 4.40 Å². The summed E-state index contributed by atoms with van der Waals surface area (Å²) in [4.78, 5) is 0. The highest BCUT2D eigenvalue weighted by Gasteiger charge is 2.37. The molecule has 0 saturated heterocycles. The number of hydrogen-bond acceptors (Lipinski definition) is 2. The molecule has 0 aliphatic carbocycles. The van der Waals surface area contributed by atoms with Crippen molar-refractivity contribution in [1.82, 2.24) is 0 Å². The number of hydrogen-bond donors (Lipinski definition) is 0. The Bertz CT molecular complexity index is 631. The average molecular weight is 372 g/mol. The van der Waals surface area contributed by atoms with E-state index < -0.39 is 24.1 Å². The molecule has 0 aliphatic rings. The first-order valence-electron chi connectivity index (χ1n) is 8.13. The van der Waals surface area contributed by atoms with E-state index in [1.54, 1.807) is 12.1 Å². The summed E-state index contributed by atoms with van der Waals surface area (Å²) in [5.74, 6) is -0.339. The lowest BCUT2D eigenvalue weighted by atomic mass is 10.1. The van der Waals surface area contributed by atoms with E-state index in [1.165, 1.54) is 12.1 Å². The van der Waals surface area contributed by atoms with Crippen molar-refractivity contribution in [3.05, 3.63) is 35.6 Å². The topological polar surface area (TPSA) is 38.7 Å². The van der Waals surface area contributed by atoms with Gasteiger partial charge in [-0.15, -0.1) is 0 Å². The molecule has 0 aliphatic heterocycles. The lowest BCUT2D eigenvalue weighted by Gasteiger charge is -2.36. The Kier molecular flexibility index (Phi) is 6.69. The molecule has 0 amide bonds. The monoisotopic (exact) mass is 371 g/mol. The van der Waals surface area contributed by atoms with Crippen molar-refractivity contribution >= 4 is 25.0 Å². The van der Waals surface area contributed by atoms with E-state index in [2.05, 4.69) is 38.3 Å². The van der Waals surface area contributed by atoms with Gasteiger partial charge >= 0.3 is 0 Å². The van der Waals surface area contributed by atoms with Crippen molar-refractivity contribution in [3.8, 4) is 0 Å². The van der Waals surface area contributed by atoms with Gasteiger partial charge in [-0.25, -0.2) is 8.60 Å². The minimum absolute atomic E-state index is 0.0588. The Morgan fingerprint density at radius 1 is 1.21 bits per heavy atom. The molecule has 0 aromatic heterocycles. The fourth-order valence-corrected chi connectivity index (χ4v) is 3.10. The predicted octanol–water partition coefficient (Wildman–Crippen LogP) is 5.10. The van der Waals surface area contributed by atoms with Gasteiger partial charge in [0.25, 0.3) is 0 Å². The van der Waals surface area contributed by atoms with Crippen molar-refractivity contribution in [1.29, 1.82) is 0 Å². The zero-order valence-corrected chi connectivity index (χ0v) is 17.9. The van der Waals surface area contributed by atoms with Gasteiger partial charge in [-0.1, -0.05) is 32.9 Å². The Labute approximate surface area is 149 Å². The fraction of sp³-hybridized carbons (Fsp3) is 0.611. The third-order valence-corrected chi connectivity index (χ3v) is 10.2. The standard InChI is InChI=1S/C18H30FNO2SSi/c1-17(2,3)23(21)20-16(14-10-9-11-15(19)12-14)13-22-24(7,8)18(4,5)6/h9-12H,13H2,1-8H3. The molecule has 6 heteroatoms. The van der Waals surface area contributed by atoms with E-state index in [1.807, 2.05) is 20.8 Å². The van der Waals surface area contributed by atoms with E-state index in [9.17, 15) is 8.60 Å². The van der Waals surface area contributed by atoms with Crippen LogP contribution < -0.4 is 0 Å². The third kappa shape index (κ3) is 5.90. The average Bonchev–Trinajstić information content (AvgIpc) is 2.40. The van der Waals surface area contributed by atoms with Gasteiger partial charge < -0.3 is 4.43 Å². The van der Waals surface area contributed by atoms with Crippen LogP contribution in [0.2, 0.25) is 18.1 Å². The quantitative estimate of drug-likeness (QED) is 0.533. The summed E-state index contributed by atoms with van der Waals surface area (Å²) in [5.41, 5.74) is 1.15. The van der Waals surface area contributed by atoms with Crippen LogP contribution in [0.15, 0.2) is 28.7 Å². The molecule has 1 atom stereocenters. The molecule has 1 aromatic rings. The largest absolute Gasteiger partial charge is 0.411 e. The number of benzene rings is 1. The summed E-state index contributed by atoms with van der Waals surface area (Å²) in [6, 6.07) is 6.20. The first kappa shape index (κ1) is 21.2. The molecule has 0 bridgehead atoms. The summed E-state index contributed by atoms with van der Waals surface area (Å²) >= 11 is 0. The van der Waals surface area contributed by atoms with Crippen molar-refractivity contribution in [3.63, 3.8) is 0 Å². The minimum Gasteiger partial charge on any atom is -0.411 e. The molecule has 24 heavy (non-hydrogen) atoms. The second-order valence-electron chi connectivity index (χ2n) is 8.46. The molecule has 0 saturated carbocycles. The second-order valence-corrected chi connectivity index (χ2v) is 15.2. The number of halogens is 1. The predicted molar refractivity (Wildman–Crippen MR) is 104 cm³/mol. The lowest BCUT2D eigenvalue weighted by Crippen LogP contribution is -2.42. The highest BCUT2D eigenvalue weighted by molar-refractivity contribution is 7.85. The van der Waals surface area contributed by atoms with Crippen LogP contribution in [-0.2, 0) is 15.4 Å². The first-order valence-corrected chi connectivity index (χ1v) is 12.1. The second kappa shape index (κ2) is 7.58. The fourth-order valence-electron chi connectivity index (χ4n) is 1.53. The minimum atomic E-state index is -1.98. The molecule has 1 unspecified atom stereocenters. The molecule has 3 nitrogen and oxygen atoms in total. The summed E-state index contributed by atoms with van der Waals surface area (Å²) in [5, 5.41) is 0.0588. The van der Waals surface area contributed by atoms with Gasteiger partial charge in [0, 0.05) is 5.56 Å². The smallest absolute Gasteiger partial charge is 0.192 e. The van der Waals surface area contributed by atoms with Crippen molar-refractivity contribution in [2.75, 3.05) is 6.61 Å². The Morgan fingerprint density at radius 2 is 1.79 bits per heavy atom. The molecular formula is C18H30FNO2SSi. The maximum atomic E-state index is 13.6. The SMILES string of the molecule is CC(C)(C)S(=O)N=C(CO[Si](C)(C)C(C)(C)C)c1cccc(F)c1. The summed E-state index contributed by atoms with van der Waals surface area (Å²) in [7, 11) is -3.41. The first-order chi connectivity index (χ1) is 10.7. The molecular weight excluding hydrogens is 341 g/mol. The van der Waals surface area contributed by atoms with Crippen LogP contribution >= 0.6 is 0 Å². The maximum absolute atomic E-state index is 13.6. The molecule has 0 N–H and O–H groups in total. The highest BCUT2D eigenvalue weighted by atomic mass is 32.2.